The summed E-state index contributed by atoms with van der Waals surface area (Å²) in [4.78, 5) is 0. The van der Waals surface area contributed by atoms with Crippen LogP contribution in [0, 0.1) is 0 Å². The van der Waals surface area contributed by atoms with Crippen LogP contribution in [0.15, 0.2) is 24.3 Å². The molecule has 0 saturated heterocycles. The highest BCUT2D eigenvalue weighted by Crippen LogP contribution is 2.29. The summed E-state index contributed by atoms with van der Waals surface area (Å²) in [6, 6.07) is 5.21. The molecule has 1 unspecified atom stereocenters. The van der Waals surface area contributed by atoms with E-state index in [1.54, 1.807) is 0 Å². The first-order chi connectivity index (χ1) is 7.43. The summed E-state index contributed by atoms with van der Waals surface area (Å²) in [6.45, 7) is 4.41. The van der Waals surface area contributed by atoms with Gasteiger partial charge in [-0.25, -0.2) is 0 Å². The zero-order valence-corrected chi connectivity index (χ0v) is 9.34. The summed E-state index contributed by atoms with van der Waals surface area (Å²) in [7, 11) is 0. The first-order valence-electron chi connectivity index (χ1n) is 5.21. The Kier molecular flexibility index (Phi) is 4.35. The van der Waals surface area contributed by atoms with Gasteiger partial charge >= 0.3 is 6.18 Å². The maximum absolute atomic E-state index is 12.3. The van der Waals surface area contributed by atoms with Crippen LogP contribution < -0.4 is 0 Å². The van der Waals surface area contributed by atoms with Crippen LogP contribution in [0.3, 0.4) is 0 Å². The van der Waals surface area contributed by atoms with E-state index >= 15 is 0 Å². The molecule has 0 fully saturated rings. The second-order valence-electron chi connectivity index (χ2n) is 3.66. The van der Waals surface area contributed by atoms with Gasteiger partial charge in [-0.05, 0) is 38.0 Å². The highest BCUT2D eigenvalue weighted by Gasteiger charge is 2.29. The molecule has 0 spiro atoms. The molecule has 0 saturated carbocycles. The lowest BCUT2D eigenvalue weighted by atomic mass is 10.1. The Morgan fingerprint density at radius 2 is 1.75 bits per heavy atom. The molecule has 0 aliphatic rings. The molecule has 4 heteroatoms. The highest BCUT2D eigenvalue weighted by atomic mass is 19.4. The summed E-state index contributed by atoms with van der Waals surface area (Å²) in [5.41, 5.74) is 0.245. The molecule has 16 heavy (non-hydrogen) atoms. The third-order valence-corrected chi connectivity index (χ3v) is 2.26. The third-order valence-electron chi connectivity index (χ3n) is 2.26. The minimum atomic E-state index is -4.26. The van der Waals surface area contributed by atoms with Crippen LogP contribution in [0.4, 0.5) is 13.2 Å². The molecule has 0 aliphatic heterocycles. The van der Waals surface area contributed by atoms with E-state index in [1.165, 1.54) is 12.1 Å². The van der Waals surface area contributed by atoms with Gasteiger partial charge in [0.05, 0.1) is 11.7 Å². The summed E-state index contributed by atoms with van der Waals surface area (Å²) in [6.07, 6.45) is -3.60. The lowest BCUT2D eigenvalue weighted by Gasteiger charge is -2.12. The molecule has 1 atom stereocenters. The predicted molar refractivity (Wildman–Crippen MR) is 56.2 cm³/mol. The molecule has 0 aliphatic carbocycles. The van der Waals surface area contributed by atoms with Gasteiger partial charge in [-0.3, -0.25) is 0 Å². The van der Waals surface area contributed by atoms with E-state index in [2.05, 4.69) is 0 Å². The number of hydrogen-bond acceptors (Lipinski definition) is 1. The standard InChI is InChI=1S/C12H15F3O/c1-3-16-9(2)8-10-4-6-11(7-5-10)12(13,14)15/h4-7,9H,3,8H2,1-2H3. The SMILES string of the molecule is CCOC(C)Cc1ccc(C(F)(F)F)cc1. The first kappa shape index (κ1) is 13.0. The van der Waals surface area contributed by atoms with E-state index in [-0.39, 0.29) is 6.10 Å². The minimum absolute atomic E-state index is 0.0294. The minimum Gasteiger partial charge on any atom is -0.378 e. The fourth-order valence-electron chi connectivity index (χ4n) is 1.51. The van der Waals surface area contributed by atoms with Crippen molar-refractivity contribution in [2.24, 2.45) is 0 Å². The Morgan fingerprint density at radius 3 is 2.19 bits per heavy atom. The van der Waals surface area contributed by atoms with E-state index < -0.39 is 11.7 Å². The monoisotopic (exact) mass is 232 g/mol. The molecule has 0 amide bonds. The molecule has 0 bridgehead atoms. The molecule has 1 nitrogen and oxygen atoms in total. The molecule has 1 rings (SSSR count). The predicted octanol–water partition coefficient (Wildman–Crippen LogP) is 3.67. The fraction of sp³-hybridized carbons (Fsp3) is 0.500. The summed E-state index contributed by atoms with van der Waals surface area (Å²) >= 11 is 0. The molecular formula is C12H15F3O. The first-order valence-corrected chi connectivity index (χ1v) is 5.21. The normalized spacial score (nSPS) is 13.8. The average Bonchev–Trinajstić information content (AvgIpc) is 2.17. The summed E-state index contributed by atoms with van der Waals surface area (Å²) in [5, 5.41) is 0. The van der Waals surface area contributed by atoms with Crippen LogP contribution >= 0.6 is 0 Å². The van der Waals surface area contributed by atoms with E-state index in [0.29, 0.717) is 13.0 Å². The van der Waals surface area contributed by atoms with Gasteiger partial charge in [0.15, 0.2) is 0 Å². The molecule has 0 heterocycles. The van der Waals surface area contributed by atoms with E-state index in [4.69, 9.17) is 4.74 Å². The Bertz CT molecular complexity index is 316. The molecule has 1 aromatic carbocycles. The van der Waals surface area contributed by atoms with Crippen LogP contribution in [-0.2, 0) is 17.3 Å². The van der Waals surface area contributed by atoms with Crippen LogP contribution in [0.1, 0.15) is 25.0 Å². The Hall–Kier alpha value is -1.03. The Balaban J connectivity index is 2.65. The number of rotatable bonds is 4. The van der Waals surface area contributed by atoms with Gasteiger partial charge in [-0.15, -0.1) is 0 Å². The summed E-state index contributed by atoms with van der Waals surface area (Å²) < 4.78 is 42.2. The quantitative estimate of drug-likeness (QED) is 0.769. The molecule has 0 N–H and O–H groups in total. The number of hydrogen-bond donors (Lipinski definition) is 0. The molecular weight excluding hydrogens is 217 g/mol. The zero-order valence-electron chi connectivity index (χ0n) is 9.34. The van der Waals surface area contributed by atoms with Crippen LogP contribution in [0.2, 0.25) is 0 Å². The van der Waals surface area contributed by atoms with Gasteiger partial charge in [0.2, 0.25) is 0 Å². The zero-order chi connectivity index (χ0) is 12.2. The van der Waals surface area contributed by atoms with Crippen molar-refractivity contribution in [3.05, 3.63) is 35.4 Å². The number of benzene rings is 1. The van der Waals surface area contributed by atoms with Crippen LogP contribution in [0.5, 0.6) is 0 Å². The van der Waals surface area contributed by atoms with Gasteiger partial charge in [0.1, 0.15) is 0 Å². The van der Waals surface area contributed by atoms with Crippen molar-refractivity contribution < 1.29 is 17.9 Å². The Morgan fingerprint density at radius 1 is 1.19 bits per heavy atom. The maximum atomic E-state index is 12.3. The van der Waals surface area contributed by atoms with Gasteiger partial charge in [-0.1, -0.05) is 12.1 Å². The molecule has 0 aromatic heterocycles. The van der Waals surface area contributed by atoms with E-state index in [9.17, 15) is 13.2 Å². The van der Waals surface area contributed by atoms with Crippen molar-refractivity contribution in [3.8, 4) is 0 Å². The van der Waals surface area contributed by atoms with Crippen molar-refractivity contribution in [2.75, 3.05) is 6.61 Å². The molecule has 90 valence electrons. The second-order valence-corrected chi connectivity index (χ2v) is 3.66. The molecule has 1 aromatic rings. The van der Waals surface area contributed by atoms with Gasteiger partial charge < -0.3 is 4.74 Å². The average molecular weight is 232 g/mol. The number of ether oxygens (including phenoxy) is 1. The second kappa shape index (κ2) is 5.34. The maximum Gasteiger partial charge on any atom is 0.416 e. The van der Waals surface area contributed by atoms with Crippen LogP contribution in [-0.4, -0.2) is 12.7 Å². The highest BCUT2D eigenvalue weighted by molar-refractivity contribution is 5.24. The van der Waals surface area contributed by atoms with Gasteiger partial charge in [-0.2, -0.15) is 13.2 Å². The van der Waals surface area contributed by atoms with Crippen LogP contribution in [0.25, 0.3) is 0 Å². The number of halogens is 3. The van der Waals surface area contributed by atoms with Crippen molar-refractivity contribution in [1.29, 1.82) is 0 Å². The fourth-order valence-corrected chi connectivity index (χ4v) is 1.51. The van der Waals surface area contributed by atoms with Crippen molar-refractivity contribution in [3.63, 3.8) is 0 Å². The Labute approximate surface area is 93.2 Å². The smallest absolute Gasteiger partial charge is 0.378 e. The van der Waals surface area contributed by atoms with Gasteiger partial charge in [0, 0.05) is 6.61 Å². The van der Waals surface area contributed by atoms with Crippen molar-refractivity contribution >= 4 is 0 Å². The van der Waals surface area contributed by atoms with Crippen molar-refractivity contribution in [2.45, 2.75) is 32.5 Å². The summed E-state index contributed by atoms with van der Waals surface area (Å²) in [5.74, 6) is 0. The lowest BCUT2D eigenvalue weighted by Crippen LogP contribution is -2.11. The lowest BCUT2D eigenvalue weighted by molar-refractivity contribution is -0.137. The largest absolute Gasteiger partial charge is 0.416 e. The van der Waals surface area contributed by atoms with E-state index in [1.807, 2.05) is 13.8 Å². The van der Waals surface area contributed by atoms with Crippen molar-refractivity contribution in [1.82, 2.24) is 0 Å². The van der Waals surface area contributed by atoms with Gasteiger partial charge in [0.25, 0.3) is 0 Å². The molecule has 0 radical (unpaired) electrons. The topological polar surface area (TPSA) is 9.23 Å². The third kappa shape index (κ3) is 3.85. The number of alkyl halides is 3. The van der Waals surface area contributed by atoms with E-state index in [0.717, 1.165) is 17.7 Å².